The van der Waals surface area contributed by atoms with Gasteiger partial charge < -0.3 is 19.9 Å². The third kappa shape index (κ3) is 4.61. The Hall–Kier alpha value is -2.64. The van der Waals surface area contributed by atoms with Crippen LogP contribution in [0.15, 0.2) is 42.6 Å². The SMILES string of the molecule is NC(=O)COC1CCN(Cc2ccc([C@H]3COc4cccnc4O3)cc2)CC1. The highest BCUT2D eigenvalue weighted by Gasteiger charge is 2.24. The maximum Gasteiger partial charge on any atom is 0.257 e. The summed E-state index contributed by atoms with van der Waals surface area (Å²) in [7, 11) is 0. The number of fused-ring (bicyclic) bond motifs is 1. The summed E-state index contributed by atoms with van der Waals surface area (Å²) in [6.07, 6.45) is 3.53. The average Bonchev–Trinajstić information content (AvgIpc) is 2.73. The number of amides is 1. The van der Waals surface area contributed by atoms with Gasteiger partial charge in [-0.25, -0.2) is 4.98 Å². The monoisotopic (exact) mass is 383 g/mol. The Labute approximate surface area is 164 Å². The van der Waals surface area contributed by atoms with Crippen LogP contribution in [0.3, 0.4) is 0 Å². The molecule has 3 heterocycles. The van der Waals surface area contributed by atoms with Gasteiger partial charge in [-0.15, -0.1) is 0 Å². The fourth-order valence-electron chi connectivity index (χ4n) is 3.60. The molecule has 7 heteroatoms. The van der Waals surface area contributed by atoms with Gasteiger partial charge in [0.25, 0.3) is 5.88 Å². The van der Waals surface area contributed by atoms with E-state index in [1.807, 2.05) is 12.1 Å². The number of nitrogens with two attached hydrogens (primary N) is 1. The van der Waals surface area contributed by atoms with Crippen molar-refractivity contribution in [1.82, 2.24) is 9.88 Å². The van der Waals surface area contributed by atoms with Crippen molar-refractivity contribution < 1.29 is 19.0 Å². The van der Waals surface area contributed by atoms with E-state index in [4.69, 9.17) is 19.9 Å². The van der Waals surface area contributed by atoms with E-state index in [9.17, 15) is 4.79 Å². The lowest BCUT2D eigenvalue weighted by molar-refractivity contribution is -0.125. The lowest BCUT2D eigenvalue weighted by Crippen LogP contribution is -2.37. The van der Waals surface area contributed by atoms with Crippen LogP contribution in [-0.2, 0) is 16.1 Å². The van der Waals surface area contributed by atoms with Crippen molar-refractivity contribution in [2.24, 2.45) is 5.73 Å². The minimum Gasteiger partial charge on any atom is -0.484 e. The van der Waals surface area contributed by atoms with Gasteiger partial charge in [-0.2, -0.15) is 0 Å². The Morgan fingerprint density at radius 3 is 2.75 bits per heavy atom. The van der Waals surface area contributed by atoms with Gasteiger partial charge in [-0.3, -0.25) is 9.69 Å². The number of hydrogen-bond acceptors (Lipinski definition) is 6. The molecule has 0 radical (unpaired) electrons. The number of piperidine rings is 1. The summed E-state index contributed by atoms with van der Waals surface area (Å²) in [5.74, 6) is 0.831. The molecule has 2 aliphatic heterocycles. The molecule has 1 atom stereocenters. The van der Waals surface area contributed by atoms with Crippen LogP contribution < -0.4 is 15.2 Å². The van der Waals surface area contributed by atoms with Gasteiger partial charge in [0.15, 0.2) is 11.9 Å². The fourth-order valence-corrected chi connectivity index (χ4v) is 3.60. The van der Waals surface area contributed by atoms with Gasteiger partial charge in [0.05, 0.1) is 6.10 Å². The minimum atomic E-state index is -0.408. The lowest BCUT2D eigenvalue weighted by Gasteiger charge is -2.31. The summed E-state index contributed by atoms with van der Waals surface area (Å²) in [5.41, 5.74) is 7.48. The highest BCUT2D eigenvalue weighted by molar-refractivity contribution is 5.75. The van der Waals surface area contributed by atoms with Crippen LogP contribution in [0.25, 0.3) is 0 Å². The Morgan fingerprint density at radius 2 is 2.00 bits per heavy atom. The number of hydrogen-bond donors (Lipinski definition) is 1. The molecule has 28 heavy (non-hydrogen) atoms. The zero-order valence-corrected chi connectivity index (χ0v) is 15.8. The second-order valence-electron chi connectivity index (χ2n) is 7.22. The number of rotatable bonds is 6. The zero-order valence-electron chi connectivity index (χ0n) is 15.8. The zero-order chi connectivity index (χ0) is 19.3. The standard InChI is InChI=1S/C21H25N3O4/c22-20(25)14-26-17-7-10-24(11-8-17)12-15-3-5-16(6-4-15)19-13-27-18-2-1-9-23-21(18)28-19/h1-6,9,17,19H,7-8,10-14H2,(H2,22,25)/t19-/m1/s1. The van der Waals surface area contributed by atoms with E-state index >= 15 is 0 Å². The molecule has 7 nitrogen and oxygen atoms in total. The third-order valence-electron chi connectivity index (χ3n) is 5.13. The Kier molecular flexibility index (Phi) is 5.73. The van der Waals surface area contributed by atoms with Gasteiger partial charge in [-0.1, -0.05) is 24.3 Å². The third-order valence-corrected chi connectivity index (χ3v) is 5.13. The first-order chi connectivity index (χ1) is 13.7. The largest absolute Gasteiger partial charge is 0.484 e. The Balaban J connectivity index is 1.28. The van der Waals surface area contributed by atoms with E-state index in [1.165, 1.54) is 5.56 Å². The molecule has 1 amide bonds. The number of aromatic nitrogens is 1. The smallest absolute Gasteiger partial charge is 0.257 e. The maximum atomic E-state index is 10.8. The molecule has 2 aliphatic rings. The number of ether oxygens (including phenoxy) is 3. The molecule has 0 spiro atoms. The van der Waals surface area contributed by atoms with E-state index in [-0.39, 0.29) is 18.8 Å². The van der Waals surface area contributed by atoms with Crippen LogP contribution in [0.2, 0.25) is 0 Å². The Bertz CT molecular complexity index is 804. The first-order valence-corrected chi connectivity index (χ1v) is 9.63. The second-order valence-corrected chi connectivity index (χ2v) is 7.22. The number of pyridine rings is 1. The molecule has 2 aromatic rings. The summed E-state index contributed by atoms with van der Waals surface area (Å²) in [6, 6.07) is 12.2. The quantitative estimate of drug-likeness (QED) is 0.822. The summed E-state index contributed by atoms with van der Waals surface area (Å²) >= 11 is 0. The van der Waals surface area contributed by atoms with Crippen LogP contribution in [-0.4, -0.2) is 48.2 Å². The van der Waals surface area contributed by atoms with Crippen LogP contribution >= 0.6 is 0 Å². The highest BCUT2D eigenvalue weighted by atomic mass is 16.6. The normalized spacial score (nSPS) is 20.1. The second kappa shape index (κ2) is 8.58. The lowest BCUT2D eigenvalue weighted by atomic mass is 10.0. The van der Waals surface area contributed by atoms with Gasteiger partial charge in [0.1, 0.15) is 13.2 Å². The van der Waals surface area contributed by atoms with E-state index in [2.05, 4.69) is 34.1 Å². The van der Waals surface area contributed by atoms with Crippen molar-refractivity contribution >= 4 is 5.91 Å². The number of likely N-dealkylation sites (tertiary alicyclic amines) is 1. The van der Waals surface area contributed by atoms with Gasteiger partial charge in [0, 0.05) is 25.8 Å². The molecule has 1 aromatic heterocycles. The highest BCUT2D eigenvalue weighted by Crippen LogP contribution is 2.34. The predicted octanol–water partition coefficient (Wildman–Crippen LogP) is 2.06. The van der Waals surface area contributed by atoms with Crippen LogP contribution in [0.5, 0.6) is 11.6 Å². The van der Waals surface area contributed by atoms with Crippen molar-refractivity contribution in [3.63, 3.8) is 0 Å². The molecule has 1 fully saturated rings. The van der Waals surface area contributed by atoms with Gasteiger partial charge in [0.2, 0.25) is 5.91 Å². The molecule has 0 unspecified atom stereocenters. The van der Waals surface area contributed by atoms with Crippen molar-refractivity contribution in [3.05, 3.63) is 53.7 Å². The number of carbonyl (C=O) groups excluding carboxylic acids is 1. The van der Waals surface area contributed by atoms with Gasteiger partial charge in [-0.05, 0) is 36.1 Å². The summed E-state index contributed by atoms with van der Waals surface area (Å²) in [4.78, 5) is 17.4. The number of primary amides is 1. The average molecular weight is 383 g/mol. The van der Waals surface area contributed by atoms with Gasteiger partial charge >= 0.3 is 0 Å². The van der Waals surface area contributed by atoms with E-state index in [1.54, 1.807) is 6.20 Å². The Morgan fingerprint density at radius 1 is 1.21 bits per heavy atom. The number of carbonyl (C=O) groups is 1. The number of nitrogens with zero attached hydrogens (tertiary/aromatic N) is 2. The van der Waals surface area contributed by atoms with E-state index in [0.717, 1.165) is 38.0 Å². The molecule has 0 saturated carbocycles. The maximum absolute atomic E-state index is 10.8. The van der Waals surface area contributed by atoms with Crippen molar-refractivity contribution in [2.75, 3.05) is 26.3 Å². The fraction of sp³-hybridized carbons (Fsp3) is 0.429. The minimum absolute atomic E-state index is 0.0130. The van der Waals surface area contributed by atoms with Crippen molar-refractivity contribution in [2.45, 2.75) is 31.6 Å². The van der Waals surface area contributed by atoms with Crippen LogP contribution in [0.4, 0.5) is 0 Å². The first kappa shape index (κ1) is 18.7. The van der Waals surface area contributed by atoms with E-state index in [0.29, 0.717) is 18.2 Å². The topological polar surface area (TPSA) is 86.9 Å². The predicted molar refractivity (Wildman–Crippen MR) is 103 cm³/mol. The molecule has 1 saturated heterocycles. The summed E-state index contributed by atoms with van der Waals surface area (Å²) in [6.45, 7) is 3.30. The summed E-state index contributed by atoms with van der Waals surface area (Å²) in [5, 5.41) is 0. The molecule has 0 aliphatic carbocycles. The molecule has 4 rings (SSSR count). The van der Waals surface area contributed by atoms with Crippen LogP contribution in [0.1, 0.15) is 30.1 Å². The molecular weight excluding hydrogens is 358 g/mol. The molecule has 148 valence electrons. The summed E-state index contributed by atoms with van der Waals surface area (Å²) < 4.78 is 17.2. The molecule has 1 aromatic carbocycles. The van der Waals surface area contributed by atoms with E-state index < -0.39 is 5.91 Å². The van der Waals surface area contributed by atoms with Crippen molar-refractivity contribution in [3.8, 4) is 11.6 Å². The first-order valence-electron chi connectivity index (χ1n) is 9.63. The van der Waals surface area contributed by atoms with Crippen molar-refractivity contribution in [1.29, 1.82) is 0 Å². The molecule has 2 N–H and O–H groups in total. The van der Waals surface area contributed by atoms with Crippen LogP contribution in [0, 0.1) is 0 Å². The molecule has 0 bridgehead atoms. The number of benzene rings is 1. The molecular formula is C21H25N3O4.